The lowest BCUT2D eigenvalue weighted by Gasteiger charge is -2.30. The van der Waals surface area contributed by atoms with Gasteiger partial charge in [0.05, 0.1) is 16.8 Å². The highest BCUT2D eigenvalue weighted by Gasteiger charge is 2.33. The lowest BCUT2D eigenvalue weighted by molar-refractivity contribution is -0.162. The number of aromatic nitrogens is 1. The summed E-state index contributed by atoms with van der Waals surface area (Å²) in [5.41, 5.74) is 0.896. The van der Waals surface area contributed by atoms with Crippen LogP contribution in [0.25, 0.3) is 21.0 Å². The van der Waals surface area contributed by atoms with Gasteiger partial charge < -0.3 is 19.4 Å². The Kier molecular flexibility index (Phi) is 6.35. The van der Waals surface area contributed by atoms with E-state index in [4.69, 9.17) is 4.42 Å². The van der Waals surface area contributed by atoms with E-state index in [0.717, 1.165) is 15.2 Å². The number of furan rings is 1. The molecule has 1 saturated heterocycles. The summed E-state index contributed by atoms with van der Waals surface area (Å²) < 4.78 is 47.6. The van der Waals surface area contributed by atoms with E-state index in [0.29, 0.717) is 24.4 Å². The normalized spacial score (nSPS) is 15.2. The number of fused-ring (bicyclic) bond motifs is 1. The molecule has 0 bridgehead atoms. The van der Waals surface area contributed by atoms with Gasteiger partial charge in [-0.2, -0.15) is 13.2 Å². The van der Waals surface area contributed by atoms with Gasteiger partial charge in [-0.05, 0) is 37.1 Å². The Hall–Kier alpha value is -3.08. The van der Waals surface area contributed by atoms with Crippen LogP contribution in [0.15, 0.2) is 40.8 Å². The number of nitrogens with one attached hydrogen (secondary N) is 1. The minimum Gasteiger partial charge on any atom is -0.457 e. The molecule has 32 heavy (non-hydrogen) atoms. The van der Waals surface area contributed by atoms with E-state index in [-0.39, 0.29) is 31.5 Å². The molecule has 1 N–H and O–H groups in total. The average molecular weight is 467 g/mol. The van der Waals surface area contributed by atoms with Crippen molar-refractivity contribution >= 4 is 33.6 Å². The lowest BCUT2D eigenvalue weighted by Crippen LogP contribution is -2.43. The van der Waals surface area contributed by atoms with Gasteiger partial charge in [0.1, 0.15) is 5.76 Å². The van der Waals surface area contributed by atoms with E-state index >= 15 is 0 Å². The van der Waals surface area contributed by atoms with Crippen LogP contribution in [0.3, 0.4) is 0 Å². The Morgan fingerprint density at radius 1 is 1.19 bits per heavy atom. The number of hydrogen-bond acceptors (Lipinski definition) is 6. The molecule has 2 amide bonds. The van der Waals surface area contributed by atoms with Gasteiger partial charge in [-0.1, -0.05) is 12.1 Å². The van der Waals surface area contributed by atoms with Crippen LogP contribution >= 0.6 is 11.3 Å². The van der Waals surface area contributed by atoms with Crippen molar-refractivity contribution in [2.75, 3.05) is 19.7 Å². The van der Waals surface area contributed by atoms with E-state index < -0.39 is 18.9 Å². The van der Waals surface area contributed by atoms with Crippen molar-refractivity contribution in [3.63, 3.8) is 0 Å². The monoisotopic (exact) mass is 467 g/mol. The Bertz CT molecular complexity index is 1070. The van der Waals surface area contributed by atoms with Gasteiger partial charge in [0.25, 0.3) is 0 Å². The van der Waals surface area contributed by atoms with Crippen LogP contribution in [0.5, 0.6) is 0 Å². The number of halogens is 3. The zero-order valence-corrected chi connectivity index (χ0v) is 17.7. The molecule has 2 aromatic heterocycles. The first-order valence-electron chi connectivity index (χ1n) is 9.99. The topological polar surface area (TPSA) is 84.7 Å². The second kappa shape index (κ2) is 9.19. The fourth-order valence-corrected chi connectivity index (χ4v) is 4.37. The maximum Gasteiger partial charge on any atom is 0.422 e. The second-order valence-electron chi connectivity index (χ2n) is 7.40. The van der Waals surface area contributed by atoms with Crippen LogP contribution in [0.4, 0.5) is 18.0 Å². The molecule has 3 heterocycles. The number of amides is 2. The Balaban J connectivity index is 1.25. The van der Waals surface area contributed by atoms with Gasteiger partial charge in [0.15, 0.2) is 17.4 Å². The van der Waals surface area contributed by atoms with E-state index in [9.17, 15) is 22.8 Å². The molecule has 170 valence electrons. The van der Waals surface area contributed by atoms with Crippen molar-refractivity contribution in [3.8, 4) is 10.8 Å². The number of likely N-dealkylation sites (tertiary alicyclic amines) is 1. The van der Waals surface area contributed by atoms with E-state index in [2.05, 4.69) is 15.0 Å². The molecule has 0 spiro atoms. The molecule has 1 aliphatic heterocycles. The number of ether oxygens (including phenoxy) is 1. The summed E-state index contributed by atoms with van der Waals surface area (Å²) in [5.74, 6) is 0.688. The van der Waals surface area contributed by atoms with Crippen LogP contribution in [0.2, 0.25) is 0 Å². The summed E-state index contributed by atoms with van der Waals surface area (Å²) in [7, 11) is 0. The third kappa shape index (κ3) is 5.39. The van der Waals surface area contributed by atoms with Crippen LogP contribution < -0.4 is 5.32 Å². The first-order valence-corrected chi connectivity index (χ1v) is 10.8. The van der Waals surface area contributed by atoms with Crippen LogP contribution in [0, 0.1) is 5.92 Å². The number of piperidine rings is 1. The molecule has 0 saturated carbocycles. The first kappa shape index (κ1) is 22.1. The van der Waals surface area contributed by atoms with E-state index in [1.807, 2.05) is 30.3 Å². The van der Waals surface area contributed by atoms with Crippen molar-refractivity contribution in [3.05, 3.63) is 42.2 Å². The van der Waals surface area contributed by atoms with Crippen molar-refractivity contribution in [2.24, 2.45) is 5.92 Å². The summed E-state index contributed by atoms with van der Waals surface area (Å²) in [5, 5.41) is 3.57. The third-order valence-electron chi connectivity index (χ3n) is 5.09. The molecule has 4 rings (SSSR count). The number of nitrogens with zero attached hydrogens (tertiary/aromatic N) is 2. The summed E-state index contributed by atoms with van der Waals surface area (Å²) in [6.07, 6.45) is -4.88. The molecular formula is C21H20F3N3O4S. The van der Waals surface area contributed by atoms with Crippen molar-refractivity contribution in [2.45, 2.75) is 25.6 Å². The highest BCUT2D eigenvalue weighted by atomic mass is 32.1. The van der Waals surface area contributed by atoms with Gasteiger partial charge in [-0.3, -0.25) is 4.79 Å². The van der Waals surface area contributed by atoms with Crippen molar-refractivity contribution in [1.82, 2.24) is 15.2 Å². The summed E-state index contributed by atoms with van der Waals surface area (Å²) in [6, 6.07) is 11.4. The SMILES string of the molecule is O=C(NCc1ccc(-c2nc3ccccc3s2)o1)C1CCN(C(=O)OCC(F)(F)F)CC1. The summed E-state index contributed by atoms with van der Waals surface area (Å²) in [6.45, 7) is -1.08. The molecule has 0 radical (unpaired) electrons. The zero-order valence-electron chi connectivity index (χ0n) is 16.9. The Morgan fingerprint density at radius 3 is 2.66 bits per heavy atom. The number of carbonyl (C=O) groups is 2. The molecule has 1 aliphatic rings. The maximum absolute atomic E-state index is 12.5. The van der Waals surface area contributed by atoms with Crippen molar-refractivity contribution < 1.29 is 31.9 Å². The third-order valence-corrected chi connectivity index (χ3v) is 6.14. The molecule has 3 aromatic rings. The van der Waals surface area contributed by atoms with Crippen LogP contribution in [-0.2, 0) is 16.1 Å². The Labute approximate surface area is 185 Å². The Morgan fingerprint density at radius 2 is 1.94 bits per heavy atom. The molecule has 1 fully saturated rings. The van der Waals surface area contributed by atoms with Gasteiger partial charge >= 0.3 is 12.3 Å². The average Bonchev–Trinajstić information content (AvgIpc) is 3.42. The summed E-state index contributed by atoms with van der Waals surface area (Å²) >= 11 is 1.52. The van der Waals surface area contributed by atoms with Crippen LogP contribution in [0.1, 0.15) is 18.6 Å². The zero-order chi connectivity index (χ0) is 22.7. The second-order valence-corrected chi connectivity index (χ2v) is 8.43. The molecular weight excluding hydrogens is 447 g/mol. The smallest absolute Gasteiger partial charge is 0.422 e. The number of thiazole rings is 1. The minimum atomic E-state index is -4.56. The highest BCUT2D eigenvalue weighted by molar-refractivity contribution is 7.21. The summed E-state index contributed by atoms with van der Waals surface area (Å²) in [4.78, 5) is 29.9. The number of hydrogen-bond donors (Lipinski definition) is 1. The molecule has 11 heteroatoms. The fourth-order valence-electron chi connectivity index (χ4n) is 3.44. The van der Waals surface area contributed by atoms with Gasteiger partial charge in [-0.25, -0.2) is 9.78 Å². The number of benzene rings is 1. The predicted octanol–water partition coefficient (Wildman–Crippen LogP) is 4.58. The number of alkyl halides is 3. The highest BCUT2D eigenvalue weighted by Crippen LogP contribution is 2.31. The lowest BCUT2D eigenvalue weighted by atomic mass is 9.96. The van der Waals surface area contributed by atoms with Crippen LogP contribution in [-0.4, -0.2) is 47.8 Å². The minimum absolute atomic E-state index is 0.164. The molecule has 1 aromatic carbocycles. The predicted molar refractivity (Wildman–Crippen MR) is 111 cm³/mol. The van der Waals surface area contributed by atoms with Gasteiger partial charge in [-0.15, -0.1) is 11.3 Å². The maximum atomic E-state index is 12.5. The standard InChI is InChI=1S/C21H20F3N3O4S/c22-21(23,24)12-30-20(29)27-9-7-13(8-10-27)18(28)25-11-14-5-6-16(31-14)19-26-15-3-1-2-4-17(15)32-19/h1-6,13H,7-12H2,(H,25,28). The number of carbonyl (C=O) groups excluding carboxylic acids is 2. The molecule has 7 nitrogen and oxygen atoms in total. The van der Waals surface area contributed by atoms with Crippen molar-refractivity contribution in [1.29, 1.82) is 0 Å². The molecule has 0 unspecified atom stereocenters. The number of para-hydroxylation sites is 1. The van der Waals surface area contributed by atoms with E-state index in [1.165, 1.54) is 16.2 Å². The quantitative estimate of drug-likeness (QED) is 0.594. The molecule has 0 aliphatic carbocycles. The first-order chi connectivity index (χ1) is 15.3. The number of rotatable bonds is 5. The van der Waals surface area contributed by atoms with Gasteiger partial charge in [0.2, 0.25) is 5.91 Å². The van der Waals surface area contributed by atoms with E-state index in [1.54, 1.807) is 6.07 Å². The molecule has 0 atom stereocenters. The fraction of sp³-hybridized carbons (Fsp3) is 0.381. The largest absolute Gasteiger partial charge is 0.457 e. The van der Waals surface area contributed by atoms with Gasteiger partial charge in [0, 0.05) is 19.0 Å².